The maximum Gasteiger partial charge on any atom is 0.253 e. The number of nitrogens with zero attached hydrogens (tertiary/aromatic N) is 1. The number of amides is 1. The minimum absolute atomic E-state index is 0.166. The molecule has 2 unspecified atom stereocenters. The summed E-state index contributed by atoms with van der Waals surface area (Å²) in [6.45, 7) is 0. The highest BCUT2D eigenvalue weighted by Gasteiger charge is 2.23. The number of halogens is 2. The summed E-state index contributed by atoms with van der Waals surface area (Å²) in [7, 11) is 0. The van der Waals surface area contributed by atoms with Crippen LogP contribution in [0.4, 0.5) is 0 Å². The third kappa shape index (κ3) is 4.01. The SMILES string of the molecule is CSC1CCCC(NC(=O)c2cc(Cl)ncc2Cl)C1. The van der Waals surface area contributed by atoms with E-state index < -0.39 is 0 Å². The van der Waals surface area contributed by atoms with Gasteiger partial charge in [-0.25, -0.2) is 4.98 Å². The van der Waals surface area contributed by atoms with Crippen molar-refractivity contribution in [3.8, 4) is 0 Å². The first kappa shape index (κ1) is 14.9. The molecule has 1 saturated carbocycles. The number of aromatic nitrogens is 1. The van der Waals surface area contributed by atoms with Crippen molar-refractivity contribution in [2.75, 3.05) is 6.26 Å². The van der Waals surface area contributed by atoms with Gasteiger partial charge < -0.3 is 5.32 Å². The Labute approximate surface area is 127 Å². The molecular weight excluding hydrogens is 303 g/mol. The number of pyridine rings is 1. The minimum atomic E-state index is -0.166. The quantitative estimate of drug-likeness (QED) is 0.862. The molecule has 1 heterocycles. The van der Waals surface area contributed by atoms with E-state index in [0.717, 1.165) is 19.3 Å². The normalized spacial score (nSPS) is 23.1. The number of hydrogen-bond donors (Lipinski definition) is 1. The summed E-state index contributed by atoms with van der Waals surface area (Å²) in [5.41, 5.74) is 0.396. The van der Waals surface area contributed by atoms with Crippen molar-refractivity contribution in [2.45, 2.75) is 37.0 Å². The molecule has 0 aromatic carbocycles. The molecule has 1 N–H and O–H groups in total. The molecule has 1 aromatic rings. The predicted molar refractivity (Wildman–Crippen MR) is 81.3 cm³/mol. The van der Waals surface area contributed by atoms with Gasteiger partial charge in [0.05, 0.1) is 10.6 Å². The lowest BCUT2D eigenvalue weighted by atomic mass is 9.94. The summed E-state index contributed by atoms with van der Waals surface area (Å²) < 4.78 is 0. The maximum absolute atomic E-state index is 12.2. The van der Waals surface area contributed by atoms with Crippen molar-refractivity contribution in [3.63, 3.8) is 0 Å². The van der Waals surface area contributed by atoms with Crippen molar-refractivity contribution in [3.05, 3.63) is 28.0 Å². The van der Waals surface area contributed by atoms with E-state index in [1.165, 1.54) is 18.7 Å². The molecule has 2 rings (SSSR count). The van der Waals surface area contributed by atoms with Gasteiger partial charge in [0, 0.05) is 17.5 Å². The monoisotopic (exact) mass is 318 g/mol. The standard InChI is InChI=1S/C13H16Cl2N2OS/c1-19-9-4-2-3-8(5-9)17-13(18)10-6-12(15)16-7-11(10)14/h6-9H,2-5H2,1H3,(H,17,18). The Balaban J connectivity index is 2.02. The van der Waals surface area contributed by atoms with Crippen LogP contribution in [0, 0.1) is 0 Å². The van der Waals surface area contributed by atoms with E-state index in [-0.39, 0.29) is 17.1 Å². The molecular formula is C13H16Cl2N2OS. The molecule has 2 atom stereocenters. The maximum atomic E-state index is 12.2. The second-order valence-corrected chi connectivity index (χ2v) is 6.61. The molecule has 0 aliphatic heterocycles. The summed E-state index contributed by atoms with van der Waals surface area (Å²) in [4.78, 5) is 16.0. The molecule has 0 saturated heterocycles. The lowest BCUT2D eigenvalue weighted by Crippen LogP contribution is -2.39. The Morgan fingerprint density at radius 3 is 3.00 bits per heavy atom. The molecule has 0 spiro atoms. The Bertz CT molecular complexity index is 470. The Kier molecular flexibility index (Phi) is 5.37. The average Bonchev–Trinajstić information content (AvgIpc) is 2.41. The average molecular weight is 319 g/mol. The molecule has 3 nitrogen and oxygen atoms in total. The zero-order valence-electron chi connectivity index (χ0n) is 10.7. The molecule has 0 bridgehead atoms. The van der Waals surface area contributed by atoms with Crippen molar-refractivity contribution >= 4 is 40.9 Å². The number of rotatable bonds is 3. The molecule has 1 amide bonds. The highest BCUT2D eigenvalue weighted by atomic mass is 35.5. The molecule has 0 radical (unpaired) electrons. The number of nitrogens with one attached hydrogen (secondary N) is 1. The van der Waals surface area contributed by atoms with Crippen LogP contribution < -0.4 is 5.32 Å². The number of carbonyl (C=O) groups excluding carboxylic acids is 1. The van der Waals surface area contributed by atoms with Crippen LogP contribution in [0.3, 0.4) is 0 Å². The van der Waals surface area contributed by atoms with Gasteiger partial charge >= 0.3 is 0 Å². The van der Waals surface area contributed by atoms with Crippen molar-refractivity contribution in [1.82, 2.24) is 10.3 Å². The fourth-order valence-electron chi connectivity index (χ4n) is 2.34. The van der Waals surface area contributed by atoms with E-state index in [2.05, 4.69) is 16.6 Å². The minimum Gasteiger partial charge on any atom is -0.349 e. The van der Waals surface area contributed by atoms with Crippen LogP contribution in [0.5, 0.6) is 0 Å². The van der Waals surface area contributed by atoms with E-state index in [9.17, 15) is 4.79 Å². The Hall–Kier alpha value is -0.450. The van der Waals surface area contributed by atoms with E-state index >= 15 is 0 Å². The van der Waals surface area contributed by atoms with Crippen LogP contribution in [0.25, 0.3) is 0 Å². The third-order valence-electron chi connectivity index (χ3n) is 3.36. The van der Waals surface area contributed by atoms with Crippen molar-refractivity contribution < 1.29 is 4.79 Å². The van der Waals surface area contributed by atoms with Gasteiger partial charge in [-0.3, -0.25) is 4.79 Å². The second kappa shape index (κ2) is 6.82. The summed E-state index contributed by atoms with van der Waals surface area (Å²) >= 11 is 13.6. The first-order valence-electron chi connectivity index (χ1n) is 6.25. The fourth-order valence-corrected chi connectivity index (χ4v) is 3.51. The van der Waals surface area contributed by atoms with Gasteiger partial charge in [-0.15, -0.1) is 0 Å². The number of carbonyl (C=O) groups is 1. The first-order valence-corrected chi connectivity index (χ1v) is 8.29. The van der Waals surface area contributed by atoms with E-state index in [1.807, 2.05) is 11.8 Å². The summed E-state index contributed by atoms with van der Waals surface area (Å²) in [6, 6.07) is 1.73. The number of hydrogen-bond acceptors (Lipinski definition) is 3. The molecule has 1 fully saturated rings. The molecule has 19 heavy (non-hydrogen) atoms. The Morgan fingerprint density at radius 1 is 1.47 bits per heavy atom. The van der Waals surface area contributed by atoms with Crippen LogP contribution in [-0.2, 0) is 0 Å². The van der Waals surface area contributed by atoms with Crippen LogP contribution >= 0.6 is 35.0 Å². The zero-order chi connectivity index (χ0) is 13.8. The molecule has 1 aliphatic carbocycles. The van der Waals surface area contributed by atoms with Crippen molar-refractivity contribution in [1.29, 1.82) is 0 Å². The molecule has 6 heteroatoms. The summed E-state index contributed by atoms with van der Waals surface area (Å²) in [5.74, 6) is -0.166. The van der Waals surface area contributed by atoms with Gasteiger partial charge in [-0.1, -0.05) is 29.6 Å². The van der Waals surface area contributed by atoms with Crippen LogP contribution in [-0.4, -0.2) is 28.4 Å². The smallest absolute Gasteiger partial charge is 0.253 e. The van der Waals surface area contributed by atoms with Gasteiger partial charge in [0.25, 0.3) is 5.91 Å². The lowest BCUT2D eigenvalue weighted by Gasteiger charge is -2.28. The van der Waals surface area contributed by atoms with Crippen LogP contribution in [0.15, 0.2) is 12.3 Å². The van der Waals surface area contributed by atoms with Crippen molar-refractivity contribution in [2.24, 2.45) is 0 Å². The molecule has 1 aromatic heterocycles. The molecule has 1 aliphatic rings. The fraction of sp³-hybridized carbons (Fsp3) is 0.538. The zero-order valence-corrected chi connectivity index (χ0v) is 13.0. The van der Waals surface area contributed by atoms with Gasteiger partial charge in [0.1, 0.15) is 5.15 Å². The largest absolute Gasteiger partial charge is 0.349 e. The molecule has 104 valence electrons. The summed E-state index contributed by atoms with van der Waals surface area (Å²) in [5, 5.41) is 4.29. The van der Waals surface area contributed by atoms with E-state index in [4.69, 9.17) is 23.2 Å². The van der Waals surface area contributed by atoms with E-state index in [0.29, 0.717) is 15.8 Å². The highest BCUT2D eigenvalue weighted by molar-refractivity contribution is 7.99. The lowest BCUT2D eigenvalue weighted by molar-refractivity contribution is 0.0928. The Morgan fingerprint density at radius 2 is 2.26 bits per heavy atom. The predicted octanol–water partition coefficient (Wildman–Crippen LogP) is 3.79. The second-order valence-electron chi connectivity index (χ2n) is 4.68. The number of thioether (sulfide) groups is 1. The van der Waals surface area contributed by atoms with Gasteiger partial charge in [0.2, 0.25) is 0 Å². The first-order chi connectivity index (χ1) is 9.10. The van der Waals surface area contributed by atoms with Crippen LogP contribution in [0.1, 0.15) is 36.0 Å². The topological polar surface area (TPSA) is 42.0 Å². The van der Waals surface area contributed by atoms with Gasteiger partial charge in [-0.2, -0.15) is 11.8 Å². The third-order valence-corrected chi connectivity index (χ3v) is 4.96. The summed E-state index contributed by atoms with van der Waals surface area (Å²) in [6.07, 6.45) is 7.96. The van der Waals surface area contributed by atoms with E-state index in [1.54, 1.807) is 0 Å². The van der Waals surface area contributed by atoms with Gasteiger partial charge in [-0.05, 0) is 31.6 Å². The van der Waals surface area contributed by atoms with Crippen LogP contribution in [0.2, 0.25) is 10.2 Å². The van der Waals surface area contributed by atoms with Gasteiger partial charge in [0.15, 0.2) is 0 Å². The highest BCUT2D eigenvalue weighted by Crippen LogP contribution is 2.27.